The predicted octanol–water partition coefficient (Wildman–Crippen LogP) is 4.13. The summed E-state index contributed by atoms with van der Waals surface area (Å²) in [5, 5.41) is 0. The summed E-state index contributed by atoms with van der Waals surface area (Å²) in [6, 6.07) is 9.00. The molecule has 0 aliphatic carbocycles. The minimum absolute atomic E-state index is 0.114. The van der Waals surface area contributed by atoms with Crippen molar-refractivity contribution in [1.82, 2.24) is 4.31 Å². The molecular formula is C16H14F5NO3S. The van der Waals surface area contributed by atoms with Gasteiger partial charge in [-0.1, -0.05) is 24.3 Å². The van der Waals surface area contributed by atoms with Crippen LogP contribution >= 0.6 is 0 Å². The second-order valence-electron chi connectivity index (χ2n) is 5.28. The highest BCUT2D eigenvalue weighted by atomic mass is 32.2. The number of nitrogens with zero attached hydrogens (tertiary/aromatic N) is 1. The Morgan fingerprint density at radius 2 is 1.62 bits per heavy atom. The fourth-order valence-electron chi connectivity index (χ4n) is 2.21. The molecular weight excluding hydrogens is 381 g/mol. The number of ether oxygens (including phenoxy) is 1. The number of sulfonamides is 1. The summed E-state index contributed by atoms with van der Waals surface area (Å²) in [7, 11) is -3.29. The molecule has 142 valence electrons. The van der Waals surface area contributed by atoms with Gasteiger partial charge in [-0.2, -0.15) is 26.3 Å². The number of benzene rings is 2. The van der Waals surface area contributed by atoms with Crippen molar-refractivity contribution >= 4 is 10.0 Å². The second-order valence-corrected chi connectivity index (χ2v) is 7.29. The van der Waals surface area contributed by atoms with Gasteiger partial charge in [-0.15, -0.1) is 0 Å². The smallest absolute Gasteiger partial charge is 0.417 e. The van der Waals surface area contributed by atoms with Crippen LogP contribution in [0.3, 0.4) is 0 Å². The van der Waals surface area contributed by atoms with Gasteiger partial charge >= 0.3 is 12.8 Å². The van der Waals surface area contributed by atoms with Crippen molar-refractivity contribution < 1.29 is 35.1 Å². The maximum Gasteiger partial charge on any atom is 0.417 e. The van der Waals surface area contributed by atoms with E-state index in [2.05, 4.69) is 4.74 Å². The molecule has 4 nitrogen and oxygen atoms in total. The highest BCUT2D eigenvalue weighted by Crippen LogP contribution is 2.35. The van der Waals surface area contributed by atoms with Crippen LogP contribution in [-0.4, -0.2) is 26.4 Å². The zero-order chi connectivity index (χ0) is 19.5. The molecule has 0 spiro atoms. The zero-order valence-corrected chi connectivity index (χ0v) is 14.2. The molecule has 2 rings (SSSR count). The van der Waals surface area contributed by atoms with E-state index in [1.165, 1.54) is 30.3 Å². The van der Waals surface area contributed by atoms with Crippen LogP contribution < -0.4 is 4.74 Å². The van der Waals surface area contributed by atoms with Crippen molar-refractivity contribution in [2.24, 2.45) is 0 Å². The normalized spacial score (nSPS) is 12.6. The molecule has 0 saturated carbocycles. The Morgan fingerprint density at radius 1 is 1.04 bits per heavy atom. The second kappa shape index (κ2) is 7.58. The Balaban J connectivity index is 2.25. The number of rotatable bonds is 6. The summed E-state index contributed by atoms with van der Waals surface area (Å²) in [6.45, 7) is -3.24. The highest BCUT2D eigenvalue weighted by molar-refractivity contribution is 7.89. The molecule has 0 N–H and O–H groups in total. The molecule has 0 saturated heterocycles. The number of hydrogen-bond donors (Lipinski definition) is 0. The lowest BCUT2D eigenvalue weighted by molar-refractivity contribution is -0.139. The molecule has 26 heavy (non-hydrogen) atoms. The SMILES string of the molecule is CN(Cc1ccc(OC(F)F)cc1)S(=O)(=O)c1ccccc1C(F)(F)F. The Morgan fingerprint density at radius 3 is 2.15 bits per heavy atom. The van der Waals surface area contributed by atoms with Gasteiger partial charge in [0.25, 0.3) is 0 Å². The van der Waals surface area contributed by atoms with Gasteiger partial charge in [0, 0.05) is 13.6 Å². The largest absolute Gasteiger partial charge is 0.435 e. The van der Waals surface area contributed by atoms with Crippen molar-refractivity contribution in [2.75, 3.05) is 7.05 Å². The Bertz CT molecular complexity index is 851. The lowest BCUT2D eigenvalue weighted by Crippen LogP contribution is -2.28. The fourth-order valence-corrected chi connectivity index (χ4v) is 3.58. The molecule has 0 aliphatic rings. The summed E-state index contributed by atoms with van der Waals surface area (Å²) in [5.74, 6) is -0.114. The fraction of sp³-hybridized carbons (Fsp3) is 0.250. The van der Waals surface area contributed by atoms with E-state index in [0.717, 1.165) is 23.5 Å². The van der Waals surface area contributed by atoms with Gasteiger partial charge in [0.1, 0.15) is 5.75 Å². The molecule has 2 aromatic carbocycles. The molecule has 0 unspecified atom stereocenters. The molecule has 0 amide bonds. The van der Waals surface area contributed by atoms with Crippen LogP contribution in [0.4, 0.5) is 22.0 Å². The molecule has 0 atom stereocenters. The first-order valence-corrected chi connectivity index (χ1v) is 8.62. The molecule has 0 aromatic heterocycles. The van der Waals surface area contributed by atoms with Gasteiger partial charge in [0.05, 0.1) is 10.5 Å². The molecule has 0 heterocycles. The number of halogens is 5. The molecule has 0 fully saturated rings. The van der Waals surface area contributed by atoms with Crippen LogP contribution in [0.5, 0.6) is 5.75 Å². The standard InChI is InChI=1S/C16H14F5NO3S/c1-22(10-11-6-8-12(9-7-11)25-15(17)18)26(23,24)14-5-3-2-4-13(14)16(19,20)21/h2-9,15H,10H2,1H3. The summed E-state index contributed by atoms with van der Waals surface area (Å²) < 4.78 is 93.4. The average Bonchev–Trinajstić information content (AvgIpc) is 2.55. The van der Waals surface area contributed by atoms with Crippen molar-refractivity contribution in [3.8, 4) is 5.75 Å². The molecule has 0 bridgehead atoms. The Labute approximate surface area is 146 Å². The van der Waals surface area contributed by atoms with Crippen molar-refractivity contribution in [3.63, 3.8) is 0 Å². The topological polar surface area (TPSA) is 46.6 Å². The molecule has 2 aromatic rings. The third-order valence-corrected chi connectivity index (χ3v) is 5.30. The first-order chi connectivity index (χ1) is 12.0. The Hall–Kier alpha value is -2.20. The maximum atomic E-state index is 13.1. The van der Waals surface area contributed by atoms with Crippen molar-refractivity contribution in [3.05, 3.63) is 59.7 Å². The summed E-state index contributed by atoms with van der Waals surface area (Å²) in [6.07, 6.45) is -4.82. The summed E-state index contributed by atoms with van der Waals surface area (Å²) >= 11 is 0. The van der Waals surface area contributed by atoms with E-state index in [1.54, 1.807) is 0 Å². The predicted molar refractivity (Wildman–Crippen MR) is 83.2 cm³/mol. The quantitative estimate of drug-likeness (QED) is 0.691. The monoisotopic (exact) mass is 395 g/mol. The molecule has 0 radical (unpaired) electrons. The van der Waals surface area contributed by atoms with Gasteiger partial charge in [-0.3, -0.25) is 0 Å². The van der Waals surface area contributed by atoms with Gasteiger partial charge in [-0.25, -0.2) is 8.42 Å². The van der Waals surface area contributed by atoms with E-state index in [4.69, 9.17) is 0 Å². The van der Waals surface area contributed by atoms with E-state index in [-0.39, 0.29) is 12.3 Å². The lowest BCUT2D eigenvalue weighted by atomic mass is 10.2. The molecule has 10 heteroatoms. The lowest BCUT2D eigenvalue weighted by Gasteiger charge is -2.20. The molecule has 0 aliphatic heterocycles. The first kappa shape index (κ1) is 20.1. The van der Waals surface area contributed by atoms with E-state index >= 15 is 0 Å². The van der Waals surface area contributed by atoms with Crippen molar-refractivity contribution in [2.45, 2.75) is 24.2 Å². The van der Waals surface area contributed by atoms with E-state index < -0.39 is 33.3 Å². The zero-order valence-electron chi connectivity index (χ0n) is 13.4. The maximum absolute atomic E-state index is 13.1. The average molecular weight is 395 g/mol. The number of hydrogen-bond acceptors (Lipinski definition) is 3. The van der Waals surface area contributed by atoms with E-state index in [1.807, 2.05) is 0 Å². The number of alkyl halides is 5. The van der Waals surface area contributed by atoms with Gasteiger partial charge < -0.3 is 4.74 Å². The van der Waals surface area contributed by atoms with Crippen LogP contribution in [-0.2, 0) is 22.7 Å². The van der Waals surface area contributed by atoms with Gasteiger partial charge in [0.2, 0.25) is 10.0 Å². The highest BCUT2D eigenvalue weighted by Gasteiger charge is 2.38. The Kier molecular flexibility index (Phi) is 5.87. The first-order valence-electron chi connectivity index (χ1n) is 7.18. The van der Waals surface area contributed by atoms with Gasteiger partial charge in [-0.05, 0) is 29.8 Å². The minimum Gasteiger partial charge on any atom is -0.435 e. The summed E-state index contributed by atoms with van der Waals surface area (Å²) in [4.78, 5) is -0.854. The third kappa shape index (κ3) is 4.70. The van der Waals surface area contributed by atoms with Gasteiger partial charge in [0.15, 0.2) is 0 Å². The van der Waals surface area contributed by atoms with Crippen molar-refractivity contribution in [1.29, 1.82) is 0 Å². The van der Waals surface area contributed by atoms with Crippen LogP contribution in [0, 0.1) is 0 Å². The van der Waals surface area contributed by atoms with Crippen LogP contribution in [0.1, 0.15) is 11.1 Å². The van der Waals surface area contributed by atoms with Crippen LogP contribution in [0.2, 0.25) is 0 Å². The van der Waals surface area contributed by atoms with E-state index in [0.29, 0.717) is 11.6 Å². The van der Waals surface area contributed by atoms with E-state index in [9.17, 15) is 30.4 Å². The minimum atomic E-state index is -4.82. The summed E-state index contributed by atoms with van der Waals surface area (Å²) in [5.41, 5.74) is -0.866. The third-order valence-electron chi connectivity index (χ3n) is 3.43. The van der Waals surface area contributed by atoms with Crippen LogP contribution in [0.25, 0.3) is 0 Å². The van der Waals surface area contributed by atoms with Crippen LogP contribution in [0.15, 0.2) is 53.4 Å².